The molecule has 32 heavy (non-hydrogen) atoms. The monoisotopic (exact) mass is 520 g/mol. The minimum atomic E-state index is -7.09. The molecule has 0 aliphatic heterocycles. The Morgan fingerprint density at radius 3 is 1.41 bits per heavy atom. The van der Waals surface area contributed by atoms with E-state index in [0.717, 1.165) is 0 Å². The van der Waals surface area contributed by atoms with Gasteiger partial charge >= 0.3 is 36.7 Å². The lowest BCUT2D eigenvalue weighted by Crippen LogP contribution is -2.61. The van der Waals surface area contributed by atoms with E-state index < -0.39 is 54.6 Å². The van der Waals surface area contributed by atoms with Crippen LogP contribution in [-0.2, 0) is 24.4 Å². The number of hydrogen-bond donors (Lipinski definition) is 1. The number of halogens is 6. The summed E-state index contributed by atoms with van der Waals surface area (Å²) < 4.78 is 142. The predicted molar refractivity (Wildman–Crippen MR) is 104 cm³/mol. The molecule has 2 unspecified atom stereocenters. The number of hydrogen-bond acceptors (Lipinski definition) is 5. The summed E-state index contributed by atoms with van der Waals surface area (Å²) in [4.78, 5) is 0. The lowest BCUT2D eigenvalue weighted by Gasteiger charge is -2.46. The molecule has 1 saturated carbocycles. The first-order valence-electron chi connectivity index (χ1n) is 10.1. The molecular weight excluding hydrogens is 490 g/mol. The minimum absolute atomic E-state index is 0.0585. The summed E-state index contributed by atoms with van der Waals surface area (Å²) in [6.07, 6.45) is -0.847. The quantitative estimate of drug-likeness (QED) is 0.261. The second kappa shape index (κ2) is 9.21. The van der Waals surface area contributed by atoms with E-state index in [9.17, 15) is 43.2 Å². The molecule has 14 heteroatoms. The van der Waals surface area contributed by atoms with Crippen LogP contribution in [0.25, 0.3) is 0 Å². The molecular formula is C18H30F6O6S2. The van der Waals surface area contributed by atoms with Gasteiger partial charge in [0.2, 0.25) is 0 Å². The molecule has 0 amide bonds. The Hall–Kier alpha value is -0.600. The van der Waals surface area contributed by atoms with Crippen LogP contribution < -0.4 is 0 Å². The molecule has 1 aliphatic rings. The lowest BCUT2D eigenvalue weighted by molar-refractivity contribution is -0.249. The molecule has 0 heterocycles. The Morgan fingerprint density at radius 1 is 0.750 bits per heavy atom. The van der Waals surface area contributed by atoms with Gasteiger partial charge in [-0.1, -0.05) is 41.5 Å². The van der Waals surface area contributed by atoms with Gasteiger partial charge in [0.15, 0.2) is 0 Å². The van der Waals surface area contributed by atoms with Crippen LogP contribution in [0.3, 0.4) is 0 Å². The Balaban J connectivity index is 3.50. The van der Waals surface area contributed by atoms with Crippen molar-refractivity contribution in [3.05, 3.63) is 0 Å². The largest absolute Gasteiger partial charge is 0.439 e. The molecule has 192 valence electrons. The van der Waals surface area contributed by atoms with Crippen LogP contribution in [0.15, 0.2) is 0 Å². The van der Waals surface area contributed by atoms with Crippen LogP contribution in [0, 0.1) is 35.5 Å². The third-order valence-corrected chi connectivity index (χ3v) is 8.52. The highest BCUT2D eigenvalue weighted by Gasteiger charge is 2.83. The van der Waals surface area contributed by atoms with Gasteiger partial charge in [-0.15, -0.1) is 0 Å². The van der Waals surface area contributed by atoms with Crippen molar-refractivity contribution in [1.82, 2.24) is 0 Å². The van der Waals surface area contributed by atoms with Gasteiger partial charge in [0.25, 0.3) is 0 Å². The molecule has 0 radical (unpaired) electrons. The SMILES string of the molecule is CC(C)C1CC(C(C)C)C(OS(=O)(=O)C(F)(F)C(F)(F)C(F)(F)S(=O)(=O)O)C(C(C)C)C1. The predicted octanol–water partition coefficient (Wildman–Crippen LogP) is 5.02. The third-order valence-electron chi connectivity index (χ3n) is 6.26. The molecule has 1 rings (SSSR count). The summed E-state index contributed by atoms with van der Waals surface area (Å²) >= 11 is 0. The van der Waals surface area contributed by atoms with Crippen molar-refractivity contribution in [2.24, 2.45) is 35.5 Å². The first-order valence-corrected chi connectivity index (χ1v) is 12.9. The van der Waals surface area contributed by atoms with Gasteiger partial charge in [-0.25, -0.2) is 0 Å². The topological polar surface area (TPSA) is 97.7 Å². The zero-order valence-corrected chi connectivity index (χ0v) is 20.2. The highest BCUT2D eigenvalue weighted by molar-refractivity contribution is 7.88. The van der Waals surface area contributed by atoms with Crippen molar-refractivity contribution in [2.75, 3.05) is 0 Å². The van der Waals surface area contributed by atoms with Crippen LogP contribution >= 0.6 is 0 Å². The van der Waals surface area contributed by atoms with Crippen LogP contribution in [0.4, 0.5) is 26.3 Å². The lowest BCUT2D eigenvalue weighted by atomic mass is 9.64. The van der Waals surface area contributed by atoms with Crippen LogP contribution in [0.2, 0.25) is 0 Å². The second-order valence-electron chi connectivity index (χ2n) is 9.39. The van der Waals surface area contributed by atoms with Crippen molar-refractivity contribution >= 4 is 20.2 Å². The van der Waals surface area contributed by atoms with Gasteiger partial charge in [0.05, 0.1) is 6.10 Å². The number of rotatable bonds is 9. The first kappa shape index (κ1) is 29.4. The smallest absolute Gasteiger partial charge is 0.281 e. The molecule has 0 bridgehead atoms. The van der Waals surface area contributed by atoms with Crippen LogP contribution in [0.5, 0.6) is 0 Å². The van der Waals surface area contributed by atoms with Crippen molar-refractivity contribution in [3.8, 4) is 0 Å². The Labute approximate surface area is 185 Å². The molecule has 0 aromatic rings. The highest BCUT2D eigenvalue weighted by atomic mass is 32.2. The fraction of sp³-hybridized carbons (Fsp3) is 1.00. The van der Waals surface area contributed by atoms with E-state index in [-0.39, 0.29) is 23.7 Å². The van der Waals surface area contributed by atoms with Gasteiger partial charge in [0.1, 0.15) is 0 Å². The Morgan fingerprint density at radius 2 is 1.12 bits per heavy atom. The van der Waals surface area contributed by atoms with Crippen LogP contribution in [-0.4, -0.2) is 43.9 Å². The molecule has 0 aromatic heterocycles. The van der Waals surface area contributed by atoms with Gasteiger partial charge < -0.3 is 0 Å². The molecule has 1 aliphatic carbocycles. The van der Waals surface area contributed by atoms with Crippen molar-refractivity contribution in [2.45, 2.75) is 76.9 Å². The van der Waals surface area contributed by atoms with Gasteiger partial charge in [-0.2, -0.15) is 43.2 Å². The fourth-order valence-electron chi connectivity index (χ4n) is 4.07. The zero-order valence-electron chi connectivity index (χ0n) is 18.5. The summed E-state index contributed by atoms with van der Waals surface area (Å²) in [7, 11) is -13.9. The van der Waals surface area contributed by atoms with Gasteiger partial charge in [0, 0.05) is 0 Å². The van der Waals surface area contributed by atoms with Crippen molar-refractivity contribution in [1.29, 1.82) is 0 Å². The number of alkyl halides is 6. The molecule has 0 spiro atoms. The van der Waals surface area contributed by atoms with Crippen molar-refractivity contribution in [3.63, 3.8) is 0 Å². The summed E-state index contributed by atoms with van der Waals surface area (Å²) in [5.41, 5.74) is 0. The Bertz CT molecular complexity index is 852. The maximum atomic E-state index is 14.3. The van der Waals surface area contributed by atoms with E-state index in [4.69, 9.17) is 4.55 Å². The van der Waals surface area contributed by atoms with E-state index in [2.05, 4.69) is 4.18 Å². The summed E-state index contributed by atoms with van der Waals surface area (Å²) in [6, 6.07) is 0. The fourth-order valence-corrected chi connectivity index (χ4v) is 5.72. The highest BCUT2D eigenvalue weighted by Crippen LogP contribution is 2.53. The Kier molecular flexibility index (Phi) is 8.48. The maximum absolute atomic E-state index is 14.3. The van der Waals surface area contributed by atoms with E-state index in [1.165, 1.54) is 0 Å². The maximum Gasteiger partial charge on any atom is 0.439 e. The molecule has 1 fully saturated rings. The first-order chi connectivity index (χ1) is 14.0. The van der Waals surface area contributed by atoms with Gasteiger partial charge in [-0.3, -0.25) is 8.74 Å². The van der Waals surface area contributed by atoms with E-state index in [0.29, 0.717) is 12.8 Å². The zero-order chi connectivity index (χ0) is 25.7. The van der Waals surface area contributed by atoms with Crippen molar-refractivity contribution < 1.29 is 51.9 Å². The average molecular weight is 521 g/mol. The summed E-state index contributed by atoms with van der Waals surface area (Å²) in [5.74, 6) is -8.81. The second-order valence-corrected chi connectivity index (χ2v) is 12.5. The van der Waals surface area contributed by atoms with E-state index >= 15 is 0 Å². The molecule has 1 N–H and O–H groups in total. The summed E-state index contributed by atoms with van der Waals surface area (Å²) in [6.45, 7) is 10.5. The molecule has 6 nitrogen and oxygen atoms in total. The standard InChI is InChI=1S/C18H30F6O6S2/c1-9(2)12-7-13(10(3)4)15(14(8-12)11(5)6)30-32(28,29)18(23,24)16(19,20)17(21,22)31(25,26)27/h9-15H,7-8H2,1-6H3,(H,25,26,27). The van der Waals surface area contributed by atoms with E-state index in [1.54, 1.807) is 27.7 Å². The molecule has 2 atom stereocenters. The normalized spacial score (nSPS) is 26.9. The minimum Gasteiger partial charge on any atom is -0.281 e. The average Bonchev–Trinajstić information content (AvgIpc) is 2.59. The molecule has 0 saturated heterocycles. The summed E-state index contributed by atoms with van der Waals surface area (Å²) in [5, 5.41) is -13.4. The van der Waals surface area contributed by atoms with Crippen LogP contribution in [0.1, 0.15) is 54.4 Å². The van der Waals surface area contributed by atoms with E-state index in [1.807, 2.05) is 13.8 Å². The molecule has 0 aromatic carbocycles. The third kappa shape index (κ3) is 5.07. The van der Waals surface area contributed by atoms with Gasteiger partial charge in [-0.05, 0) is 48.3 Å².